The molecule has 0 radical (unpaired) electrons. The maximum absolute atomic E-state index is 12.8. The Morgan fingerprint density at radius 1 is 1.08 bits per heavy atom. The van der Waals surface area contributed by atoms with Crippen LogP contribution in [0, 0.1) is 5.92 Å². The predicted molar refractivity (Wildman–Crippen MR) is 88.7 cm³/mol. The summed E-state index contributed by atoms with van der Waals surface area (Å²) < 4.78 is 0. The molecule has 2 aliphatic heterocycles. The molecular weight excluding hydrogens is 308 g/mol. The van der Waals surface area contributed by atoms with E-state index >= 15 is 0 Å². The smallest absolute Gasteiger partial charge is 0.322 e. The van der Waals surface area contributed by atoms with Crippen LogP contribution in [0.25, 0.3) is 0 Å². The summed E-state index contributed by atoms with van der Waals surface area (Å²) in [6, 6.07) is 7.79. The number of benzene rings is 1. The number of hydrazine groups is 1. The summed E-state index contributed by atoms with van der Waals surface area (Å²) in [7, 11) is 0. The van der Waals surface area contributed by atoms with Gasteiger partial charge in [-0.3, -0.25) is 14.9 Å². The highest BCUT2D eigenvalue weighted by Gasteiger charge is 2.43. The molecule has 0 unspecified atom stereocenters. The van der Waals surface area contributed by atoms with Gasteiger partial charge in [0.05, 0.1) is 5.69 Å². The van der Waals surface area contributed by atoms with Crippen LogP contribution < -0.4 is 15.6 Å². The Labute approximate surface area is 140 Å². The van der Waals surface area contributed by atoms with Crippen LogP contribution in [-0.4, -0.2) is 35.9 Å². The molecule has 3 rings (SSSR count). The summed E-state index contributed by atoms with van der Waals surface area (Å²) in [5.74, 6) is -2.37. The van der Waals surface area contributed by atoms with E-state index in [0.29, 0.717) is 5.69 Å². The number of barbiturate groups is 1. The maximum Gasteiger partial charge on any atom is 0.335 e. The van der Waals surface area contributed by atoms with E-state index in [9.17, 15) is 14.4 Å². The van der Waals surface area contributed by atoms with E-state index in [-0.39, 0.29) is 5.70 Å². The molecule has 1 aromatic rings. The van der Waals surface area contributed by atoms with Crippen LogP contribution in [0.15, 0.2) is 42.6 Å². The third-order valence-electron chi connectivity index (χ3n) is 4.18. The first-order valence-electron chi connectivity index (χ1n) is 8.02. The van der Waals surface area contributed by atoms with E-state index in [2.05, 4.69) is 17.3 Å². The van der Waals surface area contributed by atoms with Gasteiger partial charge in [0.25, 0.3) is 5.91 Å². The van der Waals surface area contributed by atoms with Crippen LogP contribution in [0.1, 0.15) is 19.3 Å². The fourth-order valence-corrected chi connectivity index (χ4v) is 2.98. The zero-order valence-corrected chi connectivity index (χ0v) is 13.3. The molecule has 1 atom stereocenters. The number of hydrogen-bond donors (Lipinski definition) is 2. The molecule has 0 spiro atoms. The molecule has 0 aliphatic carbocycles. The Hall–Kier alpha value is -2.67. The number of carbonyl (C=O) groups is 3. The first-order valence-corrected chi connectivity index (χ1v) is 8.02. The minimum Gasteiger partial charge on any atom is -0.322 e. The molecule has 7 nitrogen and oxygen atoms in total. The number of para-hydroxylation sites is 1. The summed E-state index contributed by atoms with van der Waals surface area (Å²) in [6.45, 7) is 5.53. The average molecular weight is 328 g/mol. The van der Waals surface area contributed by atoms with Crippen LogP contribution in [0.4, 0.5) is 10.5 Å². The molecule has 2 heterocycles. The highest BCUT2D eigenvalue weighted by atomic mass is 16.2. The Balaban J connectivity index is 1.79. The molecule has 2 saturated heterocycles. The van der Waals surface area contributed by atoms with Crippen molar-refractivity contribution in [1.82, 2.24) is 15.8 Å². The predicted octanol–water partition coefficient (Wildman–Crippen LogP) is 1.39. The number of nitrogens with one attached hydrogen (secondary N) is 2. The number of carbonyl (C=O) groups excluding carboxylic acids is 3. The zero-order valence-electron chi connectivity index (χ0n) is 13.3. The normalized spacial score (nSPS) is 22.2. The topological polar surface area (TPSA) is 81.8 Å². The van der Waals surface area contributed by atoms with E-state index in [1.807, 2.05) is 5.01 Å². The number of nitrogens with zero attached hydrogens (tertiary/aromatic N) is 2. The van der Waals surface area contributed by atoms with Gasteiger partial charge in [-0.05, 0) is 25.0 Å². The van der Waals surface area contributed by atoms with Crippen LogP contribution in [-0.2, 0) is 9.59 Å². The fraction of sp³-hybridized carbons (Fsp3) is 0.353. The van der Waals surface area contributed by atoms with Crippen molar-refractivity contribution < 1.29 is 14.4 Å². The molecular formula is C17H20N4O3. The molecule has 0 aromatic heterocycles. The molecule has 7 heteroatoms. The highest BCUT2D eigenvalue weighted by Crippen LogP contribution is 2.23. The van der Waals surface area contributed by atoms with Crippen molar-refractivity contribution in [2.75, 3.05) is 18.0 Å². The quantitative estimate of drug-likeness (QED) is 0.816. The van der Waals surface area contributed by atoms with Gasteiger partial charge in [-0.15, -0.1) is 0 Å². The van der Waals surface area contributed by atoms with Crippen molar-refractivity contribution in [3.63, 3.8) is 0 Å². The van der Waals surface area contributed by atoms with Crippen LogP contribution in [0.2, 0.25) is 0 Å². The van der Waals surface area contributed by atoms with Gasteiger partial charge in [-0.25, -0.2) is 14.7 Å². The second-order valence-corrected chi connectivity index (χ2v) is 5.92. The number of rotatable bonds is 4. The standard InChI is InChI=1S/C17H20N4O3/c1-12(19-20-10-6-3-7-11-20)14-15(22)18-17(24)21(16(14)23)13-8-4-2-5-9-13/h2,4-5,8-9,14,19H,1,3,6-7,10-11H2,(H,18,22,24)/t14-/m1/s1. The lowest BCUT2D eigenvalue weighted by Crippen LogP contribution is -2.60. The SMILES string of the molecule is C=C(NN1CCCCC1)[C@@H]1C(=O)NC(=O)N(c2ccccc2)C1=O. The number of imide groups is 2. The lowest BCUT2D eigenvalue weighted by molar-refractivity contribution is -0.133. The largest absolute Gasteiger partial charge is 0.335 e. The summed E-state index contributed by atoms with van der Waals surface area (Å²) >= 11 is 0. The first kappa shape index (κ1) is 16.2. The number of hydrogen-bond acceptors (Lipinski definition) is 5. The number of urea groups is 1. The monoisotopic (exact) mass is 328 g/mol. The second-order valence-electron chi connectivity index (χ2n) is 5.92. The summed E-state index contributed by atoms with van der Waals surface area (Å²) in [5.41, 5.74) is 3.76. The Kier molecular flexibility index (Phi) is 4.61. The molecule has 2 fully saturated rings. The van der Waals surface area contributed by atoms with E-state index in [4.69, 9.17) is 0 Å². The van der Waals surface area contributed by atoms with Crippen LogP contribution in [0.5, 0.6) is 0 Å². The van der Waals surface area contributed by atoms with Gasteiger partial charge in [-0.2, -0.15) is 0 Å². The average Bonchev–Trinajstić information content (AvgIpc) is 2.56. The molecule has 126 valence electrons. The molecule has 2 N–H and O–H groups in total. The van der Waals surface area contributed by atoms with E-state index in [1.165, 1.54) is 6.42 Å². The van der Waals surface area contributed by atoms with Gasteiger partial charge in [0, 0.05) is 18.8 Å². The Morgan fingerprint density at radius 3 is 2.42 bits per heavy atom. The molecule has 0 saturated carbocycles. The van der Waals surface area contributed by atoms with Gasteiger partial charge in [-0.1, -0.05) is 31.2 Å². The summed E-state index contributed by atoms with van der Waals surface area (Å²) in [5, 5.41) is 4.19. The van der Waals surface area contributed by atoms with Crippen molar-refractivity contribution in [2.45, 2.75) is 19.3 Å². The van der Waals surface area contributed by atoms with E-state index < -0.39 is 23.8 Å². The van der Waals surface area contributed by atoms with Crippen molar-refractivity contribution in [1.29, 1.82) is 0 Å². The molecule has 0 bridgehead atoms. The lowest BCUT2D eigenvalue weighted by atomic mass is 10.0. The number of piperidine rings is 1. The zero-order chi connectivity index (χ0) is 17.1. The second kappa shape index (κ2) is 6.84. The maximum atomic E-state index is 12.8. The number of anilines is 1. The lowest BCUT2D eigenvalue weighted by Gasteiger charge is -2.34. The van der Waals surface area contributed by atoms with Gasteiger partial charge in [0.15, 0.2) is 5.92 Å². The van der Waals surface area contributed by atoms with Crippen LogP contribution >= 0.6 is 0 Å². The summed E-state index contributed by atoms with van der Waals surface area (Å²) in [4.78, 5) is 38.0. The van der Waals surface area contributed by atoms with Crippen LogP contribution in [0.3, 0.4) is 0 Å². The summed E-state index contributed by atoms with van der Waals surface area (Å²) in [6.07, 6.45) is 3.28. The van der Waals surface area contributed by atoms with Crippen molar-refractivity contribution in [3.05, 3.63) is 42.6 Å². The highest BCUT2D eigenvalue weighted by molar-refractivity contribution is 6.28. The van der Waals surface area contributed by atoms with E-state index in [1.54, 1.807) is 30.3 Å². The Bertz CT molecular complexity index is 668. The molecule has 1 aromatic carbocycles. The van der Waals surface area contributed by atoms with Crippen molar-refractivity contribution >= 4 is 23.5 Å². The van der Waals surface area contributed by atoms with Gasteiger partial charge >= 0.3 is 6.03 Å². The van der Waals surface area contributed by atoms with Gasteiger partial charge in [0.1, 0.15) is 0 Å². The molecule has 4 amide bonds. The Morgan fingerprint density at radius 2 is 1.75 bits per heavy atom. The van der Waals surface area contributed by atoms with Crippen molar-refractivity contribution in [2.24, 2.45) is 5.92 Å². The molecule has 2 aliphatic rings. The molecule has 24 heavy (non-hydrogen) atoms. The van der Waals surface area contributed by atoms with Gasteiger partial charge < -0.3 is 5.43 Å². The fourth-order valence-electron chi connectivity index (χ4n) is 2.98. The van der Waals surface area contributed by atoms with Gasteiger partial charge in [0.2, 0.25) is 5.91 Å². The van der Waals surface area contributed by atoms with Crippen molar-refractivity contribution in [3.8, 4) is 0 Å². The third kappa shape index (κ3) is 3.16. The van der Waals surface area contributed by atoms with E-state index in [0.717, 1.165) is 30.8 Å². The first-order chi connectivity index (χ1) is 11.6. The minimum atomic E-state index is -1.13. The third-order valence-corrected chi connectivity index (χ3v) is 4.18. The minimum absolute atomic E-state index is 0.285. The number of amides is 4.